The van der Waals surface area contributed by atoms with Crippen LogP contribution in [0.1, 0.15) is 26.4 Å². The fourth-order valence-corrected chi connectivity index (χ4v) is 3.15. The number of carbonyl (C=O) groups excluding carboxylic acids is 1. The van der Waals surface area contributed by atoms with Gasteiger partial charge in [-0.2, -0.15) is 0 Å². The van der Waals surface area contributed by atoms with Gasteiger partial charge in [0.2, 0.25) is 0 Å². The Morgan fingerprint density at radius 2 is 2.00 bits per heavy atom. The number of ketones is 1. The van der Waals surface area contributed by atoms with Gasteiger partial charge < -0.3 is 9.67 Å². The smallest absolute Gasteiger partial charge is 0.352 e. The first-order chi connectivity index (χ1) is 9.58. The van der Waals surface area contributed by atoms with Crippen LogP contribution < -0.4 is 0 Å². The van der Waals surface area contributed by atoms with Gasteiger partial charge in [-0.1, -0.05) is 18.2 Å². The Labute approximate surface area is 118 Å². The molecule has 0 spiro atoms. The number of aryl methyl sites for hydroxylation is 1. The summed E-state index contributed by atoms with van der Waals surface area (Å²) in [7, 11) is 1.62. The molecule has 0 amide bonds. The molecule has 1 aromatic carbocycles. The van der Waals surface area contributed by atoms with Gasteiger partial charge in [0.25, 0.3) is 0 Å². The third-order valence-electron chi connectivity index (χ3n) is 3.21. The SMILES string of the molecule is Cn1cc(C(=O)c2csc3ccccc23)cc1C(=O)O. The molecule has 0 radical (unpaired) electrons. The topological polar surface area (TPSA) is 59.3 Å². The first-order valence-electron chi connectivity index (χ1n) is 5.98. The second-order valence-electron chi connectivity index (χ2n) is 4.50. The first kappa shape index (κ1) is 12.6. The second-order valence-corrected chi connectivity index (χ2v) is 5.42. The molecule has 0 aliphatic carbocycles. The van der Waals surface area contributed by atoms with Crippen LogP contribution in [0.3, 0.4) is 0 Å². The predicted octanol–water partition coefficient (Wildman–Crippen LogP) is 3.17. The molecule has 100 valence electrons. The molecule has 0 fully saturated rings. The van der Waals surface area contributed by atoms with Crippen molar-refractivity contribution in [2.24, 2.45) is 7.05 Å². The second kappa shape index (κ2) is 4.61. The Morgan fingerprint density at radius 1 is 1.25 bits per heavy atom. The van der Waals surface area contributed by atoms with Gasteiger partial charge in [0.05, 0.1) is 0 Å². The van der Waals surface area contributed by atoms with Crippen LogP contribution in [0, 0.1) is 0 Å². The molecule has 3 aromatic rings. The van der Waals surface area contributed by atoms with Crippen molar-refractivity contribution in [3.8, 4) is 0 Å². The molecule has 1 N–H and O–H groups in total. The summed E-state index contributed by atoms with van der Waals surface area (Å²) in [6, 6.07) is 9.10. The zero-order chi connectivity index (χ0) is 14.3. The van der Waals surface area contributed by atoms with E-state index in [9.17, 15) is 9.59 Å². The van der Waals surface area contributed by atoms with E-state index in [1.807, 2.05) is 29.6 Å². The van der Waals surface area contributed by atoms with Crippen LogP contribution in [0.25, 0.3) is 10.1 Å². The van der Waals surface area contributed by atoms with Crippen LogP contribution in [0.4, 0.5) is 0 Å². The molecule has 2 aromatic heterocycles. The summed E-state index contributed by atoms with van der Waals surface area (Å²) in [5, 5.41) is 11.8. The molecule has 4 nitrogen and oxygen atoms in total. The molecular weight excluding hydrogens is 274 g/mol. The predicted molar refractivity (Wildman–Crippen MR) is 77.6 cm³/mol. The number of hydrogen-bond acceptors (Lipinski definition) is 3. The van der Waals surface area contributed by atoms with E-state index >= 15 is 0 Å². The quantitative estimate of drug-likeness (QED) is 0.752. The highest BCUT2D eigenvalue weighted by Gasteiger charge is 2.18. The van der Waals surface area contributed by atoms with Gasteiger partial charge in [0.15, 0.2) is 5.78 Å². The van der Waals surface area contributed by atoms with Gasteiger partial charge >= 0.3 is 5.97 Å². The number of nitrogens with zero attached hydrogens (tertiary/aromatic N) is 1. The summed E-state index contributed by atoms with van der Waals surface area (Å²) in [4.78, 5) is 23.5. The molecule has 0 aliphatic rings. The van der Waals surface area contributed by atoms with Crippen molar-refractivity contribution >= 4 is 33.2 Å². The highest BCUT2D eigenvalue weighted by molar-refractivity contribution is 7.17. The van der Waals surface area contributed by atoms with Gasteiger partial charge in [-0.25, -0.2) is 4.79 Å². The summed E-state index contributed by atoms with van der Waals surface area (Å²) in [6.45, 7) is 0. The molecule has 2 heterocycles. The average Bonchev–Trinajstić information content (AvgIpc) is 3.01. The Hall–Kier alpha value is -2.40. The highest BCUT2D eigenvalue weighted by atomic mass is 32.1. The minimum atomic E-state index is -1.04. The Balaban J connectivity index is 2.09. The molecule has 0 bridgehead atoms. The van der Waals surface area contributed by atoms with Crippen molar-refractivity contribution in [1.82, 2.24) is 4.57 Å². The minimum Gasteiger partial charge on any atom is -0.477 e. The number of carboxylic acids is 1. The van der Waals surface area contributed by atoms with Crippen molar-refractivity contribution in [3.05, 3.63) is 58.7 Å². The van der Waals surface area contributed by atoms with E-state index in [0.29, 0.717) is 11.1 Å². The molecule has 3 rings (SSSR count). The van der Waals surface area contributed by atoms with Crippen LogP contribution in [0.2, 0.25) is 0 Å². The van der Waals surface area contributed by atoms with E-state index in [1.165, 1.54) is 22.0 Å². The lowest BCUT2D eigenvalue weighted by Crippen LogP contribution is -2.02. The summed E-state index contributed by atoms with van der Waals surface area (Å²) in [5.41, 5.74) is 1.12. The number of carboxylic acid groups (broad SMARTS) is 1. The van der Waals surface area contributed by atoms with Crippen LogP contribution in [0.15, 0.2) is 41.9 Å². The lowest BCUT2D eigenvalue weighted by molar-refractivity contribution is 0.0686. The number of aromatic carboxylic acids is 1. The van der Waals surface area contributed by atoms with E-state index in [1.54, 1.807) is 13.2 Å². The monoisotopic (exact) mass is 285 g/mol. The van der Waals surface area contributed by atoms with E-state index in [0.717, 1.165) is 10.1 Å². The lowest BCUT2D eigenvalue weighted by Gasteiger charge is -1.96. The summed E-state index contributed by atoms with van der Waals surface area (Å²) < 4.78 is 2.50. The number of rotatable bonds is 3. The fourth-order valence-electron chi connectivity index (χ4n) is 2.21. The van der Waals surface area contributed by atoms with E-state index in [4.69, 9.17) is 5.11 Å². The molecular formula is C15H11NO3S. The van der Waals surface area contributed by atoms with Gasteiger partial charge in [-0.05, 0) is 12.1 Å². The number of carbonyl (C=O) groups is 2. The van der Waals surface area contributed by atoms with Crippen molar-refractivity contribution in [3.63, 3.8) is 0 Å². The van der Waals surface area contributed by atoms with Crippen LogP contribution in [-0.2, 0) is 7.05 Å². The molecule has 5 heteroatoms. The number of hydrogen-bond donors (Lipinski definition) is 1. The number of benzene rings is 1. The third-order valence-corrected chi connectivity index (χ3v) is 4.18. The van der Waals surface area contributed by atoms with E-state index in [2.05, 4.69) is 0 Å². The molecule has 0 atom stereocenters. The summed E-state index contributed by atoms with van der Waals surface area (Å²) in [5.74, 6) is -1.19. The van der Waals surface area contributed by atoms with Crippen LogP contribution in [-0.4, -0.2) is 21.4 Å². The summed E-state index contributed by atoms with van der Waals surface area (Å²) in [6.07, 6.45) is 1.55. The van der Waals surface area contributed by atoms with Gasteiger partial charge in [-0.15, -0.1) is 11.3 Å². The van der Waals surface area contributed by atoms with Crippen LogP contribution in [0.5, 0.6) is 0 Å². The Kier molecular flexibility index (Phi) is 2.91. The number of fused-ring (bicyclic) bond motifs is 1. The zero-order valence-corrected chi connectivity index (χ0v) is 11.5. The molecule has 0 saturated heterocycles. The molecule has 0 saturated carbocycles. The van der Waals surface area contributed by atoms with Crippen LogP contribution >= 0.6 is 11.3 Å². The van der Waals surface area contributed by atoms with Crippen molar-refractivity contribution in [1.29, 1.82) is 0 Å². The van der Waals surface area contributed by atoms with E-state index in [-0.39, 0.29) is 11.5 Å². The molecule has 0 unspecified atom stereocenters. The third kappa shape index (κ3) is 1.92. The lowest BCUT2D eigenvalue weighted by atomic mass is 10.1. The molecule has 0 aliphatic heterocycles. The average molecular weight is 285 g/mol. The van der Waals surface area contributed by atoms with Crippen molar-refractivity contribution < 1.29 is 14.7 Å². The first-order valence-corrected chi connectivity index (χ1v) is 6.86. The van der Waals surface area contributed by atoms with Gasteiger partial charge in [-0.3, -0.25) is 4.79 Å². The normalized spacial score (nSPS) is 10.8. The number of aromatic nitrogens is 1. The minimum absolute atomic E-state index is 0.105. The van der Waals surface area contributed by atoms with E-state index < -0.39 is 5.97 Å². The zero-order valence-electron chi connectivity index (χ0n) is 10.7. The Bertz CT molecular complexity index is 829. The maximum atomic E-state index is 12.5. The Morgan fingerprint density at radius 3 is 2.70 bits per heavy atom. The van der Waals surface area contributed by atoms with Gasteiger partial charge in [0, 0.05) is 39.8 Å². The highest BCUT2D eigenvalue weighted by Crippen LogP contribution is 2.27. The number of thiophene rings is 1. The fraction of sp³-hybridized carbons (Fsp3) is 0.0667. The standard InChI is InChI=1S/C15H11NO3S/c1-16-7-9(6-12(16)15(18)19)14(17)11-8-20-13-5-3-2-4-10(11)13/h2-8H,1H3,(H,18,19). The maximum Gasteiger partial charge on any atom is 0.352 e. The van der Waals surface area contributed by atoms with Gasteiger partial charge in [0.1, 0.15) is 5.69 Å². The van der Waals surface area contributed by atoms with Crippen molar-refractivity contribution in [2.75, 3.05) is 0 Å². The maximum absolute atomic E-state index is 12.5. The largest absolute Gasteiger partial charge is 0.477 e. The molecule has 20 heavy (non-hydrogen) atoms. The van der Waals surface area contributed by atoms with Crippen molar-refractivity contribution in [2.45, 2.75) is 0 Å². The summed E-state index contributed by atoms with van der Waals surface area (Å²) >= 11 is 1.51.